The summed E-state index contributed by atoms with van der Waals surface area (Å²) in [6.45, 7) is 8.35. The third-order valence-corrected chi connectivity index (χ3v) is 5.45. The van der Waals surface area contributed by atoms with Crippen molar-refractivity contribution in [2.75, 3.05) is 39.2 Å². The van der Waals surface area contributed by atoms with Crippen molar-refractivity contribution < 1.29 is 23.9 Å². The standard InChI is InChI=1S/C22H33N3O5/c1-7-21(27)23-17-8-9-19-18(10-17)22(28)24(5)12-20(29-6)14(2)11-25(16(4)26)15(3)13-30-19/h8-10,14-15,20H,7,11-13H2,1-6H3,(H,23,27)/t14-,15-,20+/m1/s1. The Morgan fingerprint density at radius 3 is 2.57 bits per heavy atom. The van der Waals surface area contributed by atoms with E-state index in [4.69, 9.17) is 9.47 Å². The van der Waals surface area contributed by atoms with E-state index in [0.29, 0.717) is 36.5 Å². The zero-order valence-electron chi connectivity index (χ0n) is 18.7. The molecule has 0 spiro atoms. The summed E-state index contributed by atoms with van der Waals surface area (Å²) in [6, 6.07) is 4.84. The van der Waals surface area contributed by atoms with Gasteiger partial charge in [0.2, 0.25) is 11.8 Å². The first-order valence-corrected chi connectivity index (χ1v) is 10.3. The third kappa shape index (κ3) is 5.72. The minimum Gasteiger partial charge on any atom is -0.491 e. The Balaban J connectivity index is 2.44. The van der Waals surface area contributed by atoms with E-state index in [2.05, 4.69) is 5.32 Å². The van der Waals surface area contributed by atoms with Gasteiger partial charge >= 0.3 is 0 Å². The van der Waals surface area contributed by atoms with Gasteiger partial charge in [-0.15, -0.1) is 0 Å². The first-order valence-electron chi connectivity index (χ1n) is 10.3. The van der Waals surface area contributed by atoms with Crippen LogP contribution < -0.4 is 10.1 Å². The Labute approximate surface area is 178 Å². The monoisotopic (exact) mass is 419 g/mol. The van der Waals surface area contributed by atoms with Crippen LogP contribution in [0.2, 0.25) is 0 Å². The van der Waals surface area contributed by atoms with Crippen LogP contribution in [0.1, 0.15) is 44.5 Å². The molecule has 8 heteroatoms. The molecule has 0 aliphatic carbocycles. The van der Waals surface area contributed by atoms with E-state index in [9.17, 15) is 14.4 Å². The quantitative estimate of drug-likeness (QED) is 0.813. The summed E-state index contributed by atoms with van der Waals surface area (Å²) in [6.07, 6.45) is 0.104. The summed E-state index contributed by atoms with van der Waals surface area (Å²) in [5.74, 6) is 0.0458. The summed E-state index contributed by atoms with van der Waals surface area (Å²) in [7, 11) is 3.32. The summed E-state index contributed by atoms with van der Waals surface area (Å²) in [4.78, 5) is 40.6. The molecule has 30 heavy (non-hydrogen) atoms. The molecule has 1 aliphatic heterocycles. The lowest BCUT2D eigenvalue weighted by Crippen LogP contribution is -2.48. The number of methoxy groups -OCH3 is 1. The molecule has 1 aromatic rings. The smallest absolute Gasteiger partial charge is 0.257 e. The number of anilines is 1. The average molecular weight is 420 g/mol. The van der Waals surface area contributed by atoms with E-state index in [-0.39, 0.29) is 42.4 Å². The van der Waals surface area contributed by atoms with E-state index >= 15 is 0 Å². The van der Waals surface area contributed by atoms with Crippen molar-refractivity contribution in [2.45, 2.75) is 46.3 Å². The molecular weight excluding hydrogens is 386 g/mol. The molecule has 1 heterocycles. The summed E-state index contributed by atoms with van der Waals surface area (Å²) in [5, 5.41) is 2.78. The maximum atomic E-state index is 13.2. The fourth-order valence-electron chi connectivity index (χ4n) is 3.54. The van der Waals surface area contributed by atoms with Crippen LogP contribution >= 0.6 is 0 Å². The third-order valence-electron chi connectivity index (χ3n) is 5.45. The van der Waals surface area contributed by atoms with Crippen molar-refractivity contribution in [1.82, 2.24) is 9.80 Å². The number of fused-ring (bicyclic) bond motifs is 1. The van der Waals surface area contributed by atoms with Crippen LogP contribution in [0.3, 0.4) is 0 Å². The van der Waals surface area contributed by atoms with Crippen LogP contribution in [0.15, 0.2) is 18.2 Å². The number of carbonyl (C=O) groups excluding carboxylic acids is 3. The van der Waals surface area contributed by atoms with E-state index in [1.807, 2.05) is 13.8 Å². The SMILES string of the molecule is CCC(=O)Nc1ccc2c(c1)C(=O)N(C)C[C@H](OC)[C@H](C)CN(C(C)=O)[C@H](C)CO2. The molecule has 3 atom stereocenters. The number of nitrogens with zero attached hydrogens (tertiary/aromatic N) is 2. The number of carbonyl (C=O) groups is 3. The minimum atomic E-state index is -0.236. The highest BCUT2D eigenvalue weighted by Gasteiger charge is 2.29. The molecule has 0 saturated heterocycles. The van der Waals surface area contributed by atoms with E-state index in [1.165, 1.54) is 0 Å². The van der Waals surface area contributed by atoms with Crippen LogP contribution in [0.5, 0.6) is 5.75 Å². The highest BCUT2D eigenvalue weighted by Crippen LogP contribution is 2.26. The lowest BCUT2D eigenvalue weighted by Gasteiger charge is -2.35. The maximum absolute atomic E-state index is 13.2. The van der Waals surface area contributed by atoms with Gasteiger partial charge < -0.3 is 24.6 Å². The van der Waals surface area contributed by atoms with Crippen LogP contribution in [-0.4, -0.2) is 73.5 Å². The topological polar surface area (TPSA) is 88.2 Å². The molecule has 0 saturated carbocycles. The molecule has 0 radical (unpaired) electrons. The van der Waals surface area contributed by atoms with Crippen molar-refractivity contribution in [3.05, 3.63) is 23.8 Å². The minimum absolute atomic E-state index is 0.0191. The second-order valence-corrected chi connectivity index (χ2v) is 7.88. The van der Waals surface area contributed by atoms with E-state index < -0.39 is 0 Å². The van der Waals surface area contributed by atoms with Gasteiger partial charge in [0.15, 0.2) is 0 Å². The van der Waals surface area contributed by atoms with Gasteiger partial charge in [-0.1, -0.05) is 13.8 Å². The van der Waals surface area contributed by atoms with Gasteiger partial charge in [-0.3, -0.25) is 14.4 Å². The lowest BCUT2D eigenvalue weighted by molar-refractivity contribution is -0.133. The van der Waals surface area contributed by atoms with Crippen molar-refractivity contribution in [3.63, 3.8) is 0 Å². The number of nitrogens with one attached hydrogen (secondary N) is 1. The van der Waals surface area contributed by atoms with Crippen LogP contribution in [0.4, 0.5) is 5.69 Å². The van der Waals surface area contributed by atoms with Crippen LogP contribution in [0, 0.1) is 5.92 Å². The average Bonchev–Trinajstić information content (AvgIpc) is 2.72. The normalized spacial score (nSPS) is 23.0. The molecule has 0 aromatic heterocycles. The maximum Gasteiger partial charge on any atom is 0.257 e. The number of rotatable bonds is 3. The molecule has 2 rings (SSSR count). The Morgan fingerprint density at radius 1 is 1.27 bits per heavy atom. The zero-order valence-corrected chi connectivity index (χ0v) is 18.7. The molecule has 3 amide bonds. The first-order chi connectivity index (χ1) is 14.2. The highest BCUT2D eigenvalue weighted by molar-refractivity contribution is 5.99. The fourth-order valence-corrected chi connectivity index (χ4v) is 3.54. The summed E-state index contributed by atoms with van der Waals surface area (Å²) in [5.41, 5.74) is 0.893. The van der Waals surface area contributed by atoms with Gasteiger partial charge in [0, 0.05) is 52.2 Å². The van der Waals surface area contributed by atoms with Gasteiger partial charge in [0.25, 0.3) is 5.91 Å². The van der Waals surface area contributed by atoms with Crippen molar-refractivity contribution >= 4 is 23.4 Å². The lowest BCUT2D eigenvalue weighted by atomic mass is 10.0. The second kappa shape index (κ2) is 10.4. The Kier molecular flexibility index (Phi) is 8.23. The fraction of sp³-hybridized carbons (Fsp3) is 0.591. The number of ether oxygens (including phenoxy) is 2. The van der Waals surface area contributed by atoms with Crippen LogP contribution in [0.25, 0.3) is 0 Å². The Morgan fingerprint density at radius 2 is 1.97 bits per heavy atom. The first kappa shape index (κ1) is 23.7. The predicted molar refractivity (Wildman–Crippen MR) is 115 cm³/mol. The van der Waals surface area contributed by atoms with Crippen molar-refractivity contribution in [2.24, 2.45) is 5.92 Å². The molecule has 0 bridgehead atoms. The van der Waals surface area contributed by atoms with E-state index in [0.717, 1.165) is 0 Å². The number of likely N-dealkylation sites (N-methyl/N-ethyl adjacent to an activating group) is 1. The van der Waals surface area contributed by atoms with Crippen molar-refractivity contribution in [3.8, 4) is 5.75 Å². The number of hydrogen-bond donors (Lipinski definition) is 1. The largest absolute Gasteiger partial charge is 0.491 e. The highest BCUT2D eigenvalue weighted by atomic mass is 16.5. The Hall–Kier alpha value is -2.61. The Bertz CT molecular complexity index is 782. The predicted octanol–water partition coefficient (Wildman–Crippen LogP) is 2.39. The molecule has 0 fully saturated rings. The summed E-state index contributed by atoms with van der Waals surface area (Å²) >= 11 is 0. The molecule has 166 valence electrons. The van der Waals surface area contributed by atoms with Crippen LogP contribution in [-0.2, 0) is 14.3 Å². The molecule has 0 unspecified atom stereocenters. The van der Waals surface area contributed by atoms with Gasteiger partial charge in [0.1, 0.15) is 12.4 Å². The zero-order chi connectivity index (χ0) is 22.4. The summed E-state index contributed by atoms with van der Waals surface area (Å²) < 4.78 is 11.6. The van der Waals surface area contributed by atoms with Gasteiger partial charge in [0.05, 0.1) is 17.7 Å². The van der Waals surface area contributed by atoms with E-state index in [1.54, 1.807) is 56.0 Å². The van der Waals surface area contributed by atoms with Gasteiger partial charge in [-0.05, 0) is 25.1 Å². The van der Waals surface area contributed by atoms with Gasteiger partial charge in [-0.25, -0.2) is 0 Å². The van der Waals surface area contributed by atoms with Crippen molar-refractivity contribution in [1.29, 1.82) is 0 Å². The molecule has 1 aliphatic rings. The molecule has 8 nitrogen and oxygen atoms in total. The van der Waals surface area contributed by atoms with Gasteiger partial charge in [-0.2, -0.15) is 0 Å². The molecule has 1 aromatic carbocycles. The number of amides is 3. The number of benzene rings is 1. The molecular formula is C22H33N3O5. The second-order valence-electron chi connectivity index (χ2n) is 7.88. The molecule has 1 N–H and O–H groups in total. The number of hydrogen-bond acceptors (Lipinski definition) is 5.